The Morgan fingerprint density at radius 3 is 2.30 bits per heavy atom. The Kier molecular flexibility index (Phi) is 7.06. The highest BCUT2D eigenvalue weighted by molar-refractivity contribution is 7.80. The van der Waals surface area contributed by atoms with Crippen molar-refractivity contribution in [3.05, 3.63) is 113 Å². The van der Waals surface area contributed by atoms with Gasteiger partial charge in [-0.2, -0.15) is 0 Å². The monoisotopic (exact) mass is 509 g/mol. The van der Waals surface area contributed by atoms with E-state index in [9.17, 15) is 4.79 Å². The topological polar surface area (TPSA) is 62.2 Å². The summed E-state index contributed by atoms with van der Waals surface area (Å²) in [7, 11) is 0. The van der Waals surface area contributed by atoms with Crippen LogP contribution in [0.15, 0.2) is 85.1 Å². The molecule has 2 N–H and O–H groups in total. The SMILES string of the molecule is Cc1c(C2C(c3ccccn3)NC(=S)N2CCC(=O)Nc2ccccc2)c(C)n(-c2ccccc2)c1C. The minimum atomic E-state index is -0.130. The molecule has 37 heavy (non-hydrogen) atoms. The third-order valence-corrected chi connectivity index (χ3v) is 7.50. The summed E-state index contributed by atoms with van der Waals surface area (Å²) in [6, 6.07) is 25.7. The van der Waals surface area contributed by atoms with E-state index in [0.717, 1.165) is 22.8 Å². The van der Waals surface area contributed by atoms with Gasteiger partial charge >= 0.3 is 0 Å². The number of benzene rings is 2. The van der Waals surface area contributed by atoms with Crippen molar-refractivity contribution in [2.75, 3.05) is 11.9 Å². The van der Waals surface area contributed by atoms with Crippen molar-refractivity contribution < 1.29 is 4.79 Å². The second kappa shape index (κ2) is 10.6. The number of nitrogens with one attached hydrogen (secondary N) is 2. The largest absolute Gasteiger partial charge is 0.352 e. The molecule has 0 radical (unpaired) electrons. The van der Waals surface area contributed by atoms with E-state index in [4.69, 9.17) is 12.2 Å². The highest BCUT2D eigenvalue weighted by Gasteiger charge is 2.42. The van der Waals surface area contributed by atoms with Crippen LogP contribution < -0.4 is 10.6 Å². The summed E-state index contributed by atoms with van der Waals surface area (Å²) in [4.78, 5) is 19.7. The van der Waals surface area contributed by atoms with Crippen LogP contribution in [-0.2, 0) is 4.79 Å². The summed E-state index contributed by atoms with van der Waals surface area (Å²) in [6.45, 7) is 6.99. The van der Waals surface area contributed by atoms with Gasteiger partial charge in [0.25, 0.3) is 0 Å². The lowest BCUT2D eigenvalue weighted by atomic mass is 9.93. The van der Waals surface area contributed by atoms with Crippen molar-refractivity contribution in [1.82, 2.24) is 19.8 Å². The van der Waals surface area contributed by atoms with Crippen molar-refractivity contribution in [2.24, 2.45) is 0 Å². The lowest BCUT2D eigenvalue weighted by Gasteiger charge is -2.29. The number of carbonyl (C=O) groups excluding carboxylic acids is 1. The molecule has 2 aromatic heterocycles. The van der Waals surface area contributed by atoms with Crippen LogP contribution in [0.25, 0.3) is 5.69 Å². The number of aromatic nitrogens is 2. The molecule has 4 aromatic rings. The van der Waals surface area contributed by atoms with E-state index in [1.54, 1.807) is 0 Å². The molecule has 1 aliphatic heterocycles. The smallest absolute Gasteiger partial charge is 0.226 e. The minimum Gasteiger partial charge on any atom is -0.352 e. The number of carbonyl (C=O) groups is 1. The highest BCUT2D eigenvalue weighted by atomic mass is 32.1. The number of hydrogen-bond donors (Lipinski definition) is 2. The quantitative estimate of drug-likeness (QED) is 0.309. The molecule has 1 aliphatic rings. The highest BCUT2D eigenvalue weighted by Crippen LogP contribution is 2.43. The number of amides is 1. The molecular weight excluding hydrogens is 478 g/mol. The molecule has 2 unspecified atom stereocenters. The Labute approximate surface area is 223 Å². The third kappa shape index (κ3) is 4.87. The van der Waals surface area contributed by atoms with Crippen LogP contribution in [0.4, 0.5) is 5.69 Å². The molecule has 5 rings (SSSR count). The van der Waals surface area contributed by atoms with Crippen molar-refractivity contribution >= 4 is 28.9 Å². The Balaban J connectivity index is 1.51. The number of para-hydroxylation sites is 2. The first-order chi connectivity index (χ1) is 18.0. The fourth-order valence-corrected chi connectivity index (χ4v) is 5.66. The van der Waals surface area contributed by atoms with Gasteiger partial charge in [-0.3, -0.25) is 9.78 Å². The lowest BCUT2D eigenvalue weighted by Crippen LogP contribution is -2.33. The second-order valence-corrected chi connectivity index (χ2v) is 9.75. The van der Waals surface area contributed by atoms with Crippen LogP contribution >= 0.6 is 12.2 Å². The number of thiocarbonyl (C=S) groups is 1. The van der Waals surface area contributed by atoms with Crippen LogP contribution in [0.5, 0.6) is 0 Å². The van der Waals surface area contributed by atoms with Gasteiger partial charge in [0.2, 0.25) is 5.91 Å². The van der Waals surface area contributed by atoms with Crippen LogP contribution in [0.1, 0.15) is 46.7 Å². The molecule has 1 fully saturated rings. The van der Waals surface area contributed by atoms with E-state index in [1.165, 1.54) is 16.8 Å². The number of rotatable bonds is 7. The van der Waals surface area contributed by atoms with Crippen molar-refractivity contribution in [2.45, 2.75) is 39.3 Å². The van der Waals surface area contributed by atoms with E-state index in [1.807, 2.05) is 60.8 Å². The first-order valence-corrected chi connectivity index (χ1v) is 12.9. The van der Waals surface area contributed by atoms with Gasteiger partial charge in [0, 0.05) is 47.5 Å². The van der Waals surface area contributed by atoms with Crippen molar-refractivity contribution in [3.8, 4) is 5.69 Å². The molecule has 2 aromatic carbocycles. The van der Waals surface area contributed by atoms with Crippen molar-refractivity contribution in [1.29, 1.82) is 0 Å². The van der Waals surface area contributed by atoms with Gasteiger partial charge in [0.05, 0.1) is 17.8 Å². The van der Waals surface area contributed by atoms with Gasteiger partial charge in [-0.05, 0) is 75.0 Å². The average Bonchev–Trinajstić information content (AvgIpc) is 3.35. The minimum absolute atomic E-state index is 0.0412. The maximum absolute atomic E-state index is 12.8. The predicted octanol–water partition coefficient (Wildman–Crippen LogP) is 5.80. The zero-order valence-electron chi connectivity index (χ0n) is 21.3. The zero-order valence-corrected chi connectivity index (χ0v) is 22.1. The standard InChI is InChI=1S/C30H31N5OS/c1-20-21(2)35(24-14-8-5-9-15-24)22(3)27(20)29-28(25-16-10-11-18-31-25)33-30(37)34(29)19-17-26(36)32-23-12-6-4-7-13-23/h4-16,18,28-29H,17,19H2,1-3H3,(H,32,36)(H,33,37). The summed E-state index contributed by atoms with van der Waals surface area (Å²) >= 11 is 5.84. The molecular formula is C30H31N5OS. The molecule has 2 atom stereocenters. The first-order valence-electron chi connectivity index (χ1n) is 12.5. The Bertz CT molecular complexity index is 1400. The average molecular weight is 510 g/mol. The molecule has 7 heteroatoms. The molecule has 0 bridgehead atoms. The Hall–Kier alpha value is -3.97. The van der Waals surface area contributed by atoms with Gasteiger partial charge in [-0.1, -0.05) is 42.5 Å². The van der Waals surface area contributed by atoms with Crippen LogP contribution in [-0.4, -0.2) is 32.0 Å². The molecule has 1 saturated heterocycles. The van der Waals surface area contributed by atoms with Gasteiger partial charge in [-0.25, -0.2) is 0 Å². The van der Waals surface area contributed by atoms with Crippen LogP contribution in [0.3, 0.4) is 0 Å². The normalized spacial score (nSPS) is 17.1. The van der Waals surface area contributed by atoms with E-state index in [0.29, 0.717) is 18.1 Å². The summed E-state index contributed by atoms with van der Waals surface area (Å²) in [5, 5.41) is 7.15. The second-order valence-electron chi connectivity index (χ2n) is 9.36. The molecule has 188 valence electrons. The van der Waals surface area contributed by atoms with Gasteiger partial charge in [0.1, 0.15) is 0 Å². The molecule has 6 nitrogen and oxygen atoms in total. The zero-order chi connectivity index (χ0) is 25.9. The number of nitrogens with zero attached hydrogens (tertiary/aromatic N) is 3. The van der Waals surface area contributed by atoms with E-state index in [-0.39, 0.29) is 18.0 Å². The predicted molar refractivity (Wildman–Crippen MR) is 152 cm³/mol. The van der Waals surface area contributed by atoms with Crippen LogP contribution in [0, 0.1) is 20.8 Å². The molecule has 0 aliphatic carbocycles. The van der Waals surface area contributed by atoms with E-state index < -0.39 is 0 Å². The maximum atomic E-state index is 12.8. The first kappa shape index (κ1) is 24.7. The number of pyridine rings is 1. The number of anilines is 1. The lowest BCUT2D eigenvalue weighted by molar-refractivity contribution is -0.116. The maximum Gasteiger partial charge on any atom is 0.226 e. The Morgan fingerprint density at radius 2 is 1.62 bits per heavy atom. The van der Waals surface area contributed by atoms with Crippen LogP contribution in [0.2, 0.25) is 0 Å². The van der Waals surface area contributed by atoms with Gasteiger partial charge < -0.3 is 20.1 Å². The van der Waals surface area contributed by atoms with E-state index >= 15 is 0 Å². The van der Waals surface area contributed by atoms with Crippen molar-refractivity contribution in [3.63, 3.8) is 0 Å². The fraction of sp³-hybridized carbons (Fsp3) is 0.233. The number of hydrogen-bond acceptors (Lipinski definition) is 3. The summed E-state index contributed by atoms with van der Waals surface area (Å²) in [5.74, 6) is -0.0412. The fourth-order valence-electron chi connectivity index (χ4n) is 5.33. The summed E-state index contributed by atoms with van der Waals surface area (Å²) in [5.41, 5.74) is 7.64. The van der Waals surface area contributed by atoms with Gasteiger partial charge in [0.15, 0.2) is 5.11 Å². The molecule has 0 saturated carbocycles. The summed E-state index contributed by atoms with van der Waals surface area (Å²) in [6.07, 6.45) is 2.13. The van der Waals surface area contributed by atoms with E-state index in [2.05, 4.69) is 70.1 Å². The summed E-state index contributed by atoms with van der Waals surface area (Å²) < 4.78 is 2.31. The molecule has 3 heterocycles. The molecule has 1 amide bonds. The van der Waals surface area contributed by atoms with Gasteiger partial charge in [-0.15, -0.1) is 0 Å². The third-order valence-electron chi connectivity index (χ3n) is 7.15. The molecule has 0 spiro atoms. The Morgan fingerprint density at radius 1 is 0.946 bits per heavy atom.